The van der Waals surface area contributed by atoms with Crippen molar-refractivity contribution in [2.75, 3.05) is 0 Å². The van der Waals surface area contributed by atoms with Crippen LogP contribution in [-0.2, 0) is 4.79 Å². The van der Waals surface area contributed by atoms with Gasteiger partial charge < -0.3 is 0 Å². The van der Waals surface area contributed by atoms with Crippen molar-refractivity contribution in [1.82, 2.24) is 0 Å². The van der Waals surface area contributed by atoms with E-state index in [9.17, 15) is 4.79 Å². The average molecular weight is 371 g/mol. The summed E-state index contributed by atoms with van der Waals surface area (Å²) in [4.78, 5) is 11.9. The zero-order valence-corrected chi connectivity index (χ0v) is 15.4. The molecule has 1 nitrogen and oxygen atoms in total. The van der Waals surface area contributed by atoms with Crippen LogP contribution in [0.1, 0.15) is 50.5 Å². The van der Waals surface area contributed by atoms with E-state index in [1.54, 1.807) is 6.92 Å². The number of carbonyl (C=O) groups excluding carboxylic acids is 1. The molecule has 23 heavy (non-hydrogen) atoms. The number of carbonyl (C=O) groups is 1. The Morgan fingerprint density at radius 3 is 2.13 bits per heavy atom. The topological polar surface area (TPSA) is 17.1 Å². The van der Waals surface area contributed by atoms with Crippen molar-refractivity contribution >= 4 is 25.2 Å². The summed E-state index contributed by atoms with van der Waals surface area (Å²) < 4.78 is 1.66. The molecule has 1 fully saturated rings. The molecular weight excluding hydrogens is 347 g/mol. The molecule has 1 aliphatic rings. The molecule has 0 spiro atoms. The van der Waals surface area contributed by atoms with E-state index in [4.69, 9.17) is 0 Å². The molecule has 2 aromatic carbocycles. The zero-order valence-electron chi connectivity index (χ0n) is 13.7. The van der Waals surface area contributed by atoms with Gasteiger partial charge in [-0.3, -0.25) is 0 Å². The summed E-state index contributed by atoms with van der Waals surface area (Å²) in [5.74, 6) is 1.02. The molecule has 3 rings (SSSR count). The van der Waals surface area contributed by atoms with Crippen LogP contribution in [0.2, 0.25) is 4.31 Å². The summed E-state index contributed by atoms with van der Waals surface area (Å²) >= 11 is 0.377. The Morgan fingerprint density at radius 2 is 1.57 bits per heavy atom. The Bertz CT molecular complexity index is 627. The third-order valence-corrected chi connectivity index (χ3v) is 7.95. The molecule has 0 amide bonds. The van der Waals surface area contributed by atoms with Crippen LogP contribution in [0.3, 0.4) is 0 Å². The Balaban J connectivity index is 1.73. The standard InChI is InChI=1S/C21H24OSe/c1-17(22)16-21(23-20-10-6-3-7-11-20)14-12-19(13-15-21)18-8-4-2-5-9-18/h2-11,19H,12-16H2,1H3. The van der Waals surface area contributed by atoms with E-state index >= 15 is 0 Å². The van der Waals surface area contributed by atoms with Gasteiger partial charge in [-0.05, 0) is 0 Å². The van der Waals surface area contributed by atoms with Crippen LogP contribution in [-0.4, -0.2) is 20.7 Å². The van der Waals surface area contributed by atoms with Gasteiger partial charge in [-0.15, -0.1) is 0 Å². The van der Waals surface area contributed by atoms with Crippen molar-refractivity contribution in [3.05, 3.63) is 66.2 Å². The van der Waals surface area contributed by atoms with Gasteiger partial charge in [0.2, 0.25) is 0 Å². The van der Waals surface area contributed by atoms with Crippen LogP contribution in [0.5, 0.6) is 0 Å². The fourth-order valence-electron chi connectivity index (χ4n) is 3.71. The van der Waals surface area contributed by atoms with E-state index in [1.165, 1.54) is 35.7 Å². The van der Waals surface area contributed by atoms with Gasteiger partial charge in [0, 0.05) is 0 Å². The van der Waals surface area contributed by atoms with Crippen LogP contribution in [0.25, 0.3) is 0 Å². The van der Waals surface area contributed by atoms with Gasteiger partial charge >= 0.3 is 145 Å². The molecule has 0 aromatic heterocycles. The molecular formula is C21H24OSe. The molecule has 2 aromatic rings. The van der Waals surface area contributed by atoms with E-state index in [2.05, 4.69) is 60.7 Å². The molecule has 1 saturated carbocycles. The summed E-state index contributed by atoms with van der Waals surface area (Å²) in [6.45, 7) is 1.76. The summed E-state index contributed by atoms with van der Waals surface area (Å²) in [6, 6.07) is 21.6. The Hall–Kier alpha value is -1.37. The zero-order chi connectivity index (χ0) is 16.1. The number of Topliss-reactive ketones (excluding diaryl/α,β-unsaturated/α-hetero) is 1. The summed E-state index contributed by atoms with van der Waals surface area (Å²) in [5, 5.41) is 0. The Kier molecular flexibility index (Phi) is 5.35. The molecule has 0 N–H and O–H groups in total. The molecule has 0 radical (unpaired) electrons. The molecule has 0 aliphatic heterocycles. The van der Waals surface area contributed by atoms with Crippen molar-refractivity contribution in [2.24, 2.45) is 0 Å². The van der Waals surface area contributed by atoms with Gasteiger partial charge in [-0.1, -0.05) is 0 Å². The van der Waals surface area contributed by atoms with E-state index in [0.29, 0.717) is 26.7 Å². The van der Waals surface area contributed by atoms with Crippen molar-refractivity contribution < 1.29 is 4.79 Å². The number of hydrogen-bond donors (Lipinski definition) is 0. The third-order valence-electron chi connectivity index (χ3n) is 4.82. The fraction of sp³-hybridized carbons (Fsp3) is 0.381. The Morgan fingerprint density at radius 1 is 1.00 bits per heavy atom. The van der Waals surface area contributed by atoms with Crippen LogP contribution >= 0.6 is 0 Å². The maximum absolute atomic E-state index is 11.9. The average Bonchev–Trinajstić information content (AvgIpc) is 2.56. The van der Waals surface area contributed by atoms with E-state index in [-0.39, 0.29) is 4.31 Å². The first-order valence-electron chi connectivity index (χ1n) is 8.45. The monoisotopic (exact) mass is 372 g/mol. The van der Waals surface area contributed by atoms with Crippen LogP contribution in [0, 0.1) is 0 Å². The molecule has 0 bridgehead atoms. The number of ketones is 1. The molecule has 0 atom stereocenters. The summed E-state index contributed by atoms with van der Waals surface area (Å²) in [7, 11) is 0. The second-order valence-electron chi connectivity index (χ2n) is 6.66. The first-order valence-corrected chi connectivity index (χ1v) is 10.2. The van der Waals surface area contributed by atoms with Gasteiger partial charge in [0.1, 0.15) is 0 Å². The van der Waals surface area contributed by atoms with Crippen molar-refractivity contribution in [3.63, 3.8) is 0 Å². The van der Waals surface area contributed by atoms with Crippen molar-refractivity contribution in [1.29, 1.82) is 0 Å². The molecule has 1 aliphatic carbocycles. The van der Waals surface area contributed by atoms with E-state index in [0.717, 1.165) is 6.42 Å². The molecule has 0 saturated heterocycles. The summed E-state index contributed by atoms with van der Waals surface area (Å²) in [6.07, 6.45) is 5.54. The van der Waals surface area contributed by atoms with Gasteiger partial charge in [0.05, 0.1) is 0 Å². The SMILES string of the molecule is CC(=O)CC1([Se]c2ccccc2)CCC(c2ccccc2)CC1. The van der Waals surface area contributed by atoms with Crippen LogP contribution < -0.4 is 4.46 Å². The second-order valence-corrected chi connectivity index (χ2v) is 9.90. The Labute approximate surface area is 145 Å². The van der Waals surface area contributed by atoms with Crippen molar-refractivity contribution in [3.8, 4) is 0 Å². The van der Waals surface area contributed by atoms with Crippen LogP contribution in [0.15, 0.2) is 60.7 Å². The number of rotatable bonds is 5. The third kappa shape index (κ3) is 4.34. The first-order chi connectivity index (χ1) is 11.2. The maximum atomic E-state index is 11.9. The quantitative estimate of drug-likeness (QED) is 0.707. The van der Waals surface area contributed by atoms with Gasteiger partial charge in [0.15, 0.2) is 0 Å². The molecule has 0 heterocycles. The van der Waals surface area contributed by atoms with E-state index < -0.39 is 0 Å². The fourth-order valence-corrected chi connectivity index (χ4v) is 6.87. The normalized spacial score (nSPS) is 24.3. The van der Waals surface area contributed by atoms with Crippen LogP contribution in [0.4, 0.5) is 0 Å². The molecule has 120 valence electrons. The van der Waals surface area contributed by atoms with Gasteiger partial charge in [-0.2, -0.15) is 0 Å². The predicted octanol–water partition coefficient (Wildman–Crippen LogP) is 4.51. The number of hydrogen-bond acceptors (Lipinski definition) is 1. The van der Waals surface area contributed by atoms with Crippen molar-refractivity contribution in [2.45, 2.75) is 49.3 Å². The minimum atomic E-state index is 0.228. The predicted molar refractivity (Wildman–Crippen MR) is 97.5 cm³/mol. The second kappa shape index (κ2) is 7.47. The first kappa shape index (κ1) is 16.5. The van der Waals surface area contributed by atoms with Gasteiger partial charge in [0.25, 0.3) is 0 Å². The minimum absolute atomic E-state index is 0.228. The molecule has 0 unspecified atom stereocenters. The van der Waals surface area contributed by atoms with E-state index in [1.807, 2.05) is 0 Å². The number of benzene rings is 2. The molecule has 2 heteroatoms. The summed E-state index contributed by atoms with van der Waals surface area (Å²) in [5.41, 5.74) is 1.47. The van der Waals surface area contributed by atoms with Gasteiger partial charge in [-0.25, -0.2) is 0 Å².